The zero-order valence-corrected chi connectivity index (χ0v) is 14.4. The first-order valence-electron chi connectivity index (χ1n) is 8.65. The van der Waals surface area contributed by atoms with Crippen LogP contribution in [-0.2, 0) is 6.42 Å². The number of aromatic amines is 1. The van der Waals surface area contributed by atoms with Gasteiger partial charge in [0.15, 0.2) is 0 Å². The van der Waals surface area contributed by atoms with E-state index in [1.54, 1.807) is 24.3 Å². The number of anilines is 1. The third-order valence-corrected chi connectivity index (χ3v) is 5.08. The SMILES string of the molecule is Cc1cc(C)c2[nH]c3c(c2c1)CCCC3Nc1ccc([N+](=O)[O-])cc1. The Morgan fingerprint density at radius 3 is 2.68 bits per heavy atom. The molecule has 3 aromatic rings. The van der Waals surface area contributed by atoms with Crippen LogP contribution in [-0.4, -0.2) is 9.91 Å². The maximum absolute atomic E-state index is 10.8. The Kier molecular flexibility index (Phi) is 3.71. The van der Waals surface area contributed by atoms with Crippen LogP contribution >= 0.6 is 0 Å². The van der Waals surface area contributed by atoms with Crippen LogP contribution in [0.25, 0.3) is 10.9 Å². The van der Waals surface area contributed by atoms with Gasteiger partial charge < -0.3 is 10.3 Å². The first-order valence-corrected chi connectivity index (χ1v) is 8.65. The summed E-state index contributed by atoms with van der Waals surface area (Å²) in [5.41, 5.74) is 7.49. The minimum absolute atomic E-state index is 0.117. The second-order valence-electron chi connectivity index (χ2n) is 6.91. The Morgan fingerprint density at radius 1 is 1.20 bits per heavy atom. The number of benzene rings is 2. The Hall–Kier alpha value is -2.82. The van der Waals surface area contributed by atoms with Crippen molar-refractivity contribution in [2.45, 2.75) is 39.2 Å². The molecule has 5 heteroatoms. The van der Waals surface area contributed by atoms with Gasteiger partial charge in [-0.2, -0.15) is 0 Å². The summed E-state index contributed by atoms with van der Waals surface area (Å²) in [7, 11) is 0. The van der Waals surface area contributed by atoms with E-state index < -0.39 is 0 Å². The second kappa shape index (κ2) is 5.92. The van der Waals surface area contributed by atoms with Gasteiger partial charge in [-0.05, 0) is 62.4 Å². The molecule has 1 unspecified atom stereocenters. The molecule has 0 saturated carbocycles. The lowest BCUT2D eigenvalue weighted by atomic mass is 9.91. The number of aromatic nitrogens is 1. The van der Waals surface area contributed by atoms with Crippen molar-refractivity contribution in [1.29, 1.82) is 0 Å². The van der Waals surface area contributed by atoms with Crippen molar-refractivity contribution in [2.75, 3.05) is 5.32 Å². The molecule has 5 nitrogen and oxygen atoms in total. The van der Waals surface area contributed by atoms with Gasteiger partial charge in [0.1, 0.15) is 0 Å². The van der Waals surface area contributed by atoms with Crippen LogP contribution in [0.4, 0.5) is 11.4 Å². The molecule has 1 heterocycles. The van der Waals surface area contributed by atoms with Gasteiger partial charge >= 0.3 is 0 Å². The van der Waals surface area contributed by atoms with Crippen LogP contribution in [0, 0.1) is 24.0 Å². The first kappa shape index (κ1) is 15.7. The molecule has 2 N–H and O–H groups in total. The summed E-state index contributed by atoms with van der Waals surface area (Å²) in [5, 5.41) is 15.7. The molecule has 0 bridgehead atoms. The average molecular weight is 335 g/mol. The zero-order valence-electron chi connectivity index (χ0n) is 14.4. The summed E-state index contributed by atoms with van der Waals surface area (Å²) in [6.45, 7) is 4.29. The second-order valence-corrected chi connectivity index (χ2v) is 6.91. The van der Waals surface area contributed by atoms with Gasteiger partial charge in [-0.15, -0.1) is 0 Å². The van der Waals surface area contributed by atoms with E-state index in [9.17, 15) is 10.1 Å². The first-order chi connectivity index (χ1) is 12.0. The van der Waals surface area contributed by atoms with Crippen LogP contribution in [0.3, 0.4) is 0 Å². The number of hydrogen-bond acceptors (Lipinski definition) is 3. The number of non-ortho nitro benzene ring substituents is 1. The quantitative estimate of drug-likeness (QED) is 0.511. The summed E-state index contributed by atoms with van der Waals surface area (Å²) in [6, 6.07) is 11.3. The zero-order chi connectivity index (χ0) is 17.6. The topological polar surface area (TPSA) is 71.0 Å². The van der Waals surface area contributed by atoms with Crippen LogP contribution in [0.5, 0.6) is 0 Å². The van der Waals surface area contributed by atoms with E-state index in [4.69, 9.17) is 0 Å². The van der Waals surface area contributed by atoms with Gasteiger partial charge in [0.2, 0.25) is 0 Å². The number of aryl methyl sites for hydroxylation is 3. The summed E-state index contributed by atoms with van der Waals surface area (Å²) in [4.78, 5) is 14.1. The Labute approximate surface area is 146 Å². The lowest BCUT2D eigenvalue weighted by molar-refractivity contribution is -0.384. The Bertz CT molecular complexity index is 957. The smallest absolute Gasteiger partial charge is 0.269 e. The fraction of sp³-hybridized carbons (Fsp3) is 0.300. The predicted octanol–water partition coefficient (Wildman–Crippen LogP) is 5.18. The van der Waals surface area contributed by atoms with Gasteiger partial charge in [0, 0.05) is 34.4 Å². The number of fused-ring (bicyclic) bond motifs is 3. The molecule has 0 saturated heterocycles. The molecule has 1 aliphatic carbocycles. The van der Waals surface area contributed by atoms with Crippen LogP contribution < -0.4 is 5.32 Å². The monoisotopic (exact) mass is 335 g/mol. The maximum atomic E-state index is 10.8. The van der Waals surface area contributed by atoms with E-state index in [1.807, 2.05) is 0 Å². The number of nitro benzene ring substituents is 1. The standard InChI is InChI=1S/C20H21N3O2/c1-12-10-13(2)19-17(11-12)16-4-3-5-18(20(16)22-19)21-14-6-8-15(9-7-14)23(24)25/h6-11,18,21-22H,3-5H2,1-2H3. The van der Waals surface area contributed by atoms with Gasteiger partial charge in [-0.3, -0.25) is 10.1 Å². The molecule has 0 fully saturated rings. The average Bonchev–Trinajstić information content (AvgIpc) is 2.96. The number of rotatable bonds is 3. The van der Waals surface area contributed by atoms with E-state index in [2.05, 4.69) is 36.3 Å². The van der Waals surface area contributed by atoms with E-state index >= 15 is 0 Å². The third kappa shape index (κ3) is 2.76. The molecule has 0 amide bonds. The maximum Gasteiger partial charge on any atom is 0.269 e. The van der Waals surface area contributed by atoms with Crippen LogP contribution in [0.15, 0.2) is 36.4 Å². The highest BCUT2D eigenvalue weighted by Gasteiger charge is 2.25. The minimum Gasteiger partial charge on any atom is -0.377 e. The summed E-state index contributed by atoms with van der Waals surface area (Å²) >= 11 is 0. The molecule has 1 aromatic heterocycles. The molecule has 25 heavy (non-hydrogen) atoms. The normalized spacial score (nSPS) is 16.6. The third-order valence-electron chi connectivity index (χ3n) is 5.08. The van der Waals surface area contributed by atoms with Gasteiger partial charge in [-0.1, -0.05) is 11.6 Å². The minimum atomic E-state index is -0.370. The van der Waals surface area contributed by atoms with Gasteiger partial charge in [0.25, 0.3) is 5.69 Å². The lowest BCUT2D eigenvalue weighted by Gasteiger charge is -2.24. The van der Waals surface area contributed by atoms with E-state index in [-0.39, 0.29) is 16.7 Å². The number of nitrogens with zero attached hydrogens (tertiary/aromatic N) is 1. The summed E-state index contributed by atoms with van der Waals surface area (Å²) in [6.07, 6.45) is 3.28. The van der Waals surface area contributed by atoms with Crippen molar-refractivity contribution < 1.29 is 4.92 Å². The summed E-state index contributed by atoms with van der Waals surface area (Å²) < 4.78 is 0. The number of nitrogens with one attached hydrogen (secondary N) is 2. The van der Waals surface area contributed by atoms with Crippen LogP contribution in [0.1, 0.15) is 41.3 Å². The van der Waals surface area contributed by atoms with Crippen molar-refractivity contribution in [3.63, 3.8) is 0 Å². The largest absolute Gasteiger partial charge is 0.377 e. The number of nitro groups is 1. The molecule has 0 spiro atoms. The number of hydrogen-bond donors (Lipinski definition) is 2. The molecule has 1 atom stereocenters. The fourth-order valence-electron chi connectivity index (χ4n) is 3.95. The number of H-pyrrole nitrogens is 1. The van der Waals surface area contributed by atoms with Crippen molar-refractivity contribution in [3.05, 3.63) is 68.9 Å². The van der Waals surface area contributed by atoms with Crippen molar-refractivity contribution >= 4 is 22.3 Å². The Morgan fingerprint density at radius 2 is 1.96 bits per heavy atom. The fourth-order valence-corrected chi connectivity index (χ4v) is 3.95. The lowest BCUT2D eigenvalue weighted by Crippen LogP contribution is -2.17. The van der Waals surface area contributed by atoms with E-state index in [0.717, 1.165) is 24.9 Å². The predicted molar refractivity (Wildman–Crippen MR) is 100 cm³/mol. The van der Waals surface area contributed by atoms with Crippen molar-refractivity contribution in [3.8, 4) is 0 Å². The molecular weight excluding hydrogens is 314 g/mol. The van der Waals surface area contributed by atoms with Crippen molar-refractivity contribution in [1.82, 2.24) is 4.98 Å². The Balaban J connectivity index is 1.69. The summed E-state index contributed by atoms with van der Waals surface area (Å²) in [5.74, 6) is 0. The molecule has 2 aromatic carbocycles. The molecule has 1 aliphatic rings. The molecule has 128 valence electrons. The van der Waals surface area contributed by atoms with Gasteiger partial charge in [-0.25, -0.2) is 0 Å². The van der Waals surface area contributed by atoms with Gasteiger partial charge in [0.05, 0.1) is 11.0 Å². The molecule has 4 rings (SSSR count). The van der Waals surface area contributed by atoms with Crippen molar-refractivity contribution in [2.24, 2.45) is 0 Å². The van der Waals surface area contributed by atoms with Crippen LogP contribution in [0.2, 0.25) is 0 Å². The molecular formula is C20H21N3O2. The highest BCUT2D eigenvalue weighted by molar-refractivity contribution is 5.88. The molecule has 0 aliphatic heterocycles. The van der Waals surface area contributed by atoms with E-state index in [0.29, 0.717) is 0 Å². The highest BCUT2D eigenvalue weighted by Crippen LogP contribution is 2.38. The molecule has 0 radical (unpaired) electrons. The highest BCUT2D eigenvalue weighted by atomic mass is 16.6. The van der Waals surface area contributed by atoms with E-state index in [1.165, 1.54) is 33.3 Å².